The van der Waals surface area contributed by atoms with E-state index in [4.69, 9.17) is 4.74 Å². The molecule has 1 fully saturated rings. The van der Waals surface area contributed by atoms with Crippen molar-refractivity contribution in [2.24, 2.45) is 0 Å². The van der Waals surface area contributed by atoms with Gasteiger partial charge in [-0.3, -0.25) is 9.69 Å². The van der Waals surface area contributed by atoms with Crippen molar-refractivity contribution in [2.75, 3.05) is 39.4 Å². The van der Waals surface area contributed by atoms with Crippen molar-refractivity contribution in [1.29, 1.82) is 0 Å². The van der Waals surface area contributed by atoms with Crippen molar-refractivity contribution in [2.45, 2.75) is 6.42 Å². The minimum Gasteiger partial charge on any atom is -0.379 e. The van der Waals surface area contributed by atoms with Crippen molar-refractivity contribution < 1.29 is 9.53 Å². The zero-order chi connectivity index (χ0) is 17.8. The van der Waals surface area contributed by atoms with Crippen LogP contribution in [0.25, 0.3) is 16.2 Å². The second kappa shape index (κ2) is 7.94. The summed E-state index contributed by atoms with van der Waals surface area (Å²) in [6.45, 7) is 5.14. The van der Waals surface area contributed by atoms with E-state index in [0.717, 1.165) is 49.8 Å². The predicted molar refractivity (Wildman–Crippen MR) is 101 cm³/mol. The average Bonchev–Trinajstić information content (AvgIpc) is 3.35. The summed E-state index contributed by atoms with van der Waals surface area (Å²) in [6, 6.07) is 5.94. The van der Waals surface area contributed by atoms with E-state index in [1.165, 1.54) is 0 Å². The molecule has 136 valence electrons. The van der Waals surface area contributed by atoms with Crippen molar-refractivity contribution in [3.63, 3.8) is 0 Å². The Labute approximate surface area is 155 Å². The molecule has 0 aromatic carbocycles. The summed E-state index contributed by atoms with van der Waals surface area (Å²) < 4.78 is 7.07. The van der Waals surface area contributed by atoms with Crippen LogP contribution in [-0.2, 0) is 4.74 Å². The van der Waals surface area contributed by atoms with Crippen LogP contribution in [0.15, 0.2) is 36.0 Å². The number of amides is 1. The number of hydrogen-bond donors (Lipinski definition) is 1. The van der Waals surface area contributed by atoms with Crippen LogP contribution in [0.5, 0.6) is 0 Å². The Morgan fingerprint density at radius 3 is 3.00 bits per heavy atom. The molecule has 1 aliphatic heterocycles. The second-order valence-electron chi connectivity index (χ2n) is 6.16. The molecule has 1 N–H and O–H groups in total. The number of morpholine rings is 1. The largest absolute Gasteiger partial charge is 0.379 e. The highest BCUT2D eigenvalue weighted by atomic mass is 32.1. The third kappa shape index (κ3) is 3.62. The van der Waals surface area contributed by atoms with E-state index in [0.29, 0.717) is 17.8 Å². The average molecular weight is 371 g/mol. The minimum absolute atomic E-state index is 0.127. The van der Waals surface area contributed by atoms with E-state index in [2.05, 4.69) is 20.3 Å². The van der Waals surface area contributed by atoms with Gasteiger partial charge in [0, 0.05) is 25.8 Å². The van der Waals surface area contributed by atoms with Crippen LogP contribution in [0, 0.1) is 0 Å². The molecule has 0 aliphatic carbocycles. The molecule has 8 heteroatoms. The lowest BCUT2D eigenvalue weighted by Gasteiger charge is -2.26. The molecule has 0 saturated carbocycles. The van der Waals surface area contributed by atoms with Gasteiger partial charge in [-0.05, 0) is 30.5 Å². The van der Waals surface area contributed by atoms with E-state index in [1.54, 1.807) is 28.2 Å². The topological polar surface area (TPSA) is 71.8 Å². The summed E-state index contributed by atoms with van der Waals surface area (Å²) in [5.41, 5.74) is 2.03. The molecular weight excluding hydrogens is 350 g/mol. The number of aromatic nitrogens is 3. The van der Waals surface area contributed by atoms with Crippen LogP contribution < -0.4 is 5.32 Å². The maximum atomic E-state index is 12.5. The first-order valence-electron chi connectivity index (χ1n) is 8.78. The van der Waals surface area contributed by atoms with Crippen LogP contribution in [0.3, 0.4) is 0 Å². The highest BCUT2D eigenvalue weighted by Gasteiger charge is 2.16. The fraction of sp³-hybridized carbons (Fsp3) is 0.389. The van der Waals surface area contributed by atoms with Gasteiger partial charge in [0.15, 0.2) is 5.65 Å². The van der Waals surface area contributed by atoms with E-state index in [-0.39, 0.29) is 5.91 Å². The highest BCUT2D eigenvalue weighted by Crippen LogP contribution is 2.25. The van der Waals surface area contributed by atoms with Gasteiger partial charge in [-0.25, -0.2) is 9.50 Å². The number of carbonyl (C=O) groups excluding carboxylic acids is 1. The van der Waals surface area contributed by atoms with Gasteiger partial charge >= 0.3 is 0 Å². The van der Waals surface area contributed by atoms with Crippen LogP contribution in [0.1, 0.15) is 16.8 Å². The molecule has 0 radical (unpaired) electrons. The van der Waals surface area contributed by atoms with Crippen LogP contribution in [0.2, 0.25) is 0 Å². The molecular formula is C18H21N5O2S. The van der Waals surface area contributed by atoms with Crippen LogP contribution >= 0.6 is 11.3 Å². The van der Waals surface area contributed by atoms with Gasteiger partial charge in [0.2, 0.25) is 0 Å². The molecule has 1 amide bonds. The number of ether oxygens (including phenoxy) is 1. The predicted octanol–water partition coefficient (Wildman–Crippen LogP) is 1.91. The summed E-state index contributed by atoms with van der Waals surface area (Å²) >= 11 is 1.64. The number of fused-ring (bicyclic) bond motifs is 1. The quantitative estimate of drug-likeness (QED) is 0.670. The Balaban J connectivity index is 1.40. The zero-order valence-corrected chi connectivity index (χ0v) is 15.2. The van der Waals surface area contributed by atoms with Crippen molar-refractivity contribution in [3.05, 3.63) is 41.5 Å². The number of carbonyl (C=O) groups is 1. The number of hydrogen-bond acceptors (Lipinski definition) is 6. The fourth-order valence-electron chi connectivity index (χ4n) is 3.09. The van der Waals surface area contributed by atoms with Gasteiger partial charge in [-0.15, -0.1) is 11.3 Å². The van der Waals surface area contributed by atoms with Crippen molar-refractivity contribution in [1.82, 2.24) is 24.8 Å². The first-order chi connectivity index (χ1) is 12.8. The van der Waals surface area contributed by atoms with Crippen LogP contribution in [-0.4, -0.2) is 64.8 Å². The van der Waals surface area contributed by atoms with Gasteiger partial charge in [0.1, 0.15) is 5.56 Å². The summed E-state index contributed by atoms with van der Waals surface area (Å²) in [7, 11) is 0. The van der Waals surface area contributed by atoms with Gasteiger partial charge in [0.05, 0.1) is 30.0 Å². The molecule has 4 heterocycles. The third-order valence-corrected chi connectivity index (χ3v) is 5.35. The molecule has 3 aromatic heterocycles. The normalized spacial score (nSPS) is 15.4. The molecule has 1 saturated heterocycles. The lowest BCUT2D eigenvalue weighted by molar-refractivity contribution is 0.0374. The van der Waals surface area contributed by atoms with Gasteiger partial charge < -0.3 is 10.1 Å². The van der Waals surface area contributed by atoms with Crippen LogP contribution in [0.4, 0.5) is 0 Å². The molecule has 0 spiro atoms. The maximum absolute atomic E-state index is 12.5. The Kier molecular flexibility index (Phi) is 5.24. The Bertz CT molecular complexity index is 871. The van der Waals surface area contributed by atoms with Gasteiger partial charge in [-0.1, -0.05) is 6.07 Å². The minimum atomic E-state index is -0.127. The van der Waals surface area contributed by atoms with Gasteiger partial charge in [0.25, 0.3) is 5.91 Å². The van der Waals surface area contributed by atoms with Crippen molar-refractivity contribution >= 4 is 22.9 Å². The molecule has 0 unspecified atom stereocenters. The number of nitrogens with zero attached hydrogens (tertiary/aromatic N) is 4. The SMILES string of the molecule is O=C(NCCCN1CCOCC1)c1cnn2c(-c3cccs3)ccnc12. The third-order valence-electron chi connectivity index (χ3n) is 4.46. The standard InChI is InChI=1S/C18H21N5O2S/c24-18(20-5-2-7-22-8-10-25-11-9-22)14-13-21-23-15(4-6-19-17(14)23)16-3-1-12-26-16/h1,3-4,6,12-13H,2,5,7-11H2,(H,20,24). The Morgan fingerprint density at radius 1 is 1.31 bits per heavy atom. The van der Waals surface area contributed by atoms with Gasteiger partial charge in [-0.2, -0.15) is 5.10 Å². The smallest absolute Gasteiger partial charge is 0.256 e. The zero-order valence-electron chi connectivity index (χ0n) is 14.4. The summed E-state index contributed by atoms with van der Waals surface area (Å²) in [6.07, 6.45) is 4.23. The van der Waals surface area contributed by atoms with Crippen molar-refractivity contribution in [3.8, 4) is 10.6 Å². The first kappa shape index (κ1) is 17.1. The van der Waals surface area contributed by atoms with E-state index >= 15 is 0 Å². The number of rotatable bonds is 6. The molecule has 7 nitrogen and oxygen atoms in total. The Hall–Kier alpha value is -2.29. The number of thiophene rings is 1. The molecule has 3 aromatic rings. The first-order valence-corrected chi connectivity index (χ1v) is 9.66. The number of nitrogens with one attached hydrogen (secondary N) is 1. The summed E-state index contributed by atoms with van der Waals surface area (Å²) in [5, 5.41) is 9.38. The lowest BCUT2D eigenvalue weighted by Crippen LogP contribution is -2.38. The molecule has 26 heavy (non-hydrogen) atoms. The molecule has 0 bridgehead atoms. The molecule has 0 atom stereocenters. The summed E-state index contributed by atoms with van der Waals surface area (Å²) in [5.74, 6) is -0.127. The van der Waals surface area contributed by atoms with E-state index in [9.17, 15) is 4.79 Å². The Morgan fingerprint density at radius 2 is 2.19 bits per heavy atom. The molecule has 4 rings (SSSR count). The second-order valence-corrected chi connectivity index (χ2v) is 7.11. The molecule has 1 aliphatic rings. The fourth-order valence-corrected chi connectivity index (χ4v) is 3.82. The maximum Gasteiger partial charge on any atom is 0.256 e. The van der Waals surface area contributed by atoms with E-state index < -0.39 is 0 Å². The van der Waals surface area contributed by atoms with E-state index in [1.807, 2.05) is 23.6 Å². The summed E-state index contributed by atoms with van der Waals surface area (Å²) in [4.78, 5) is 20.3. The monoisotopic (exact) mass is 371 g/mol. The highest BCUT2D eigenvalue weighted by molar-refractivity contribution is 7.13. The lowest BCUT2D eigenvalue weighted by atomic mass is 10.3.